The molecule has 1 heterocycles. The van der Waals surface area contributed by atoms with Crippen LogP contribution >= 0.6 is 0 Å². The standard InChI is InChI=1S/C12H14N2O2/c1-3-4-11-13-9-6-5-8(12(15)16)7-10(9)14(11)2/h5-7H,3-4H2,1-2H3,(H,15,16). The number of rotatable bonds is 3. The maximum atomic E-state index is 10.9. The van der Waals surface area contributed by atoms with Crippen LogP contribution in [0.2, 0.25) is 0 Å². The number of aryl methyl sites for hydroxylation is 2. The average molecular weight is 218 g/mol. The van der Waals surface area contributed by atoms with Crippen LogP contribution in [0.3, 0.4) is 0 Å². The van der Waals surface area contributed by atoms with E-state index in [0.29, 0.717) is 5.56 Å². The molecule has 1 aromatic carbocycles. The first-order valence-electron chi connectivity index (χ1n) is 5.32. The molecule has 84 valence electrons. The molecule has 0 atom stereocenters. The molecular formula is C12H14N2O2. The first-order chi connectivity index (χ1) is 7.63. The van der Waals surface area contributed by atoms with Gasteiger partial charge in [-0.1, -0.05) is 6.92 Å². The highest BCUT2D eigenvalue weighted by Gasteiger charge is 2.10. The molecule has 0 aliphatic heterocycles. The van der Waals surface area contributed by atoms with Crippen molar-refractivity contribution in [1.82, 2.24) is 9.55 Å². The second kappa shape index (κ2) is 3.96. The molecule has 1 aromatic heterocycles. The summed E-state index contributed by atoms with van der Waals surface area (Å²) in [5.74, 6) is 0.0974. The zero-order valence-electron chi connectivity index (χ0n) is 9.40. The van der Waals surface area contributed by atoms with E-state index in [9.17, 15) is 4.79 Å². The van der Waals surface area contributed by atoms with Crippen LogP contribution in [0, 0.1) is 0 Å². The predicted molar refractivity (Wildman–Crippen MR) is 61.7 cm³/mol. The minimum Gasteiger partial charge on any atom is -0.478 e. The topological polar surface area (TPSA) is 55.1 Å². The second-order valence-corrected chi connectivity index (χ2v) is 3.85. The molecule has 0 spiro atoms. The van der Waals surface area contributed by atoms with E-state index in [0.717, 1.165) is 29.7 Å². The molecule has 0 unspecified atom stereocenters. The molecule has 0 saturated carbocycles. The molecule has 0 aliphatic carbocycles. The van der Waals surface area contributed by atoms with Gasteiger partial charge in [-0.3, -0.25) is 0 Å². The van der Waals surface area contributed by atoms with Crippen LogP contribution in [0.4, 0.5) is 0 Å². The quantitative estimate of drug-likeness (QED) is 0.859. The highest BCUT2D eigenvalue weighted by Crippen LogP contribution is 2.17. The number of carbonyl (C=O) groups is 1. The monoisotopic (exact) mass is 218 g/mol. The van der Waals surface area contributed by atoms with Gasteiger partial charge in [0, 0.05) is 13.5 Å². The van der Waals surface area contributed by atoms with Crippen molar-refractivity contribution in [2.24, 2.45) is 7.05 Å². The van der Waals surface area contributed by atoms with Crippen molar-refractivity contribution in [2.45, 2.75) is 19.8 Å². The van der Waals surface area contributed by atoms with Gasteiger partial charge in [-0.05, 0) is 24.6 Å². The minimum absolute atomic E-state index is 0.304. The number of imidazole rings is 1. The summed E-state index contributed by atoms with van der Waals surface area (Å²) >= 11 is 0. The Balaban J connectivity index is 2.59. The van der Waals surface area contributed by atoms with E-state index < -0.39 is 5.97 Å². The predicted octanol–water partition coefficient (Wildman–Crippen LogP) is 2.22. The molecule has 1 N–H and O–H groups in total. The van der Waals surface area contributed by atoms with Crippen LogP contribution in [0.25, 0.3) is 11.0 Å². The third-order valence-corrected chi connectivity index (χ3v) is 2.69. The highest BCUT2D eigenvalue weighted by molar-refractivity contribution is 5.92. The Kier molecular flexibility index (Phi) is 2.64. The molecule has 0 amide bonds. The van der Waals surface area contributed by atoms with E-state index in [-0.39, 0.29) is 0 Å². The number of fused-ring (bicyclic) bond motifs is 1. The number of carboxylic acids is 1. The maximum absolute atomic E-state index is 10.9. The smallest absolute Gasteiger partial charge is 0.335 e. The molecule has 0 aliphatic rings. The van der Waals surface area contributed by atoms with Gasteiger partial charge in [-0.25, -0.2) is 9.78 Å². The van der Waals surface area contributed by atoms with Crippen LogP contribution in [0.5, 0.6) is 0 Å². The van der Waals surface area contributed by atoms with Gasteiger partial charge in [-0.2, -0.15) is 0 Å². The largest absolute Gasteiger partial charge is 0.478 e. The number of hydrogen-bond donors (Lipinski definition) is 1. The maximum Gasteiger partial charge on any atom is 0.335 e. The summed E-state index contributed by atoms with van der Waals surface area (Å²) in [6, 6.07) is 5.02. The normalized spacial score (nSPS) is 10.9. The fraction of sp³-hybridized carbons (Fsp3) is 0.333. The van der Waals surface area contributed by atoms with Crippen LogP contribution in [0.15, 0.2) is 18.2 Å². The molecule has 16 heavy (non-hydrogen) atoms. The molecule has 4 heteroatoms. The Labute approximate surface area is 93.5 Å². The highest BCUT2D eigenvalue weighted by atomic mass is 16.4. The van der Waals surface area contributed by atoms with Crippen molar-refractivity contribution in [2.75, 3.05) is 0 Å². The minimum atomic E-state index is -0.903. The molecule has 0 saturated heterocycles. The van der Waals surface area contributed by atoms with Crippen LogP contribution in [-0.2, 0) is 13.5 Å². The van der Waals surface area contributed by atoms with Gasteiger partial charge in [-0.15, -0.1) is 0 Å². The first kappa shape index (κ1) is 10.7. The Morgan fingerprint density at radius 3 is 2.88 bits per heavy atom. The van der Waals surface area contributed by atoms with E-state index in [1.165, 1.54) is 0 Å². The molecule has 4 nitrogen and oxygen atoms in total. The van der Waals surface area contributed by atoms with Gasteiger partial charge in [0.25, 0.3) is 0 Å². The Morgan fingerprint density at radius 1 is 1.50 bits per heavy atom. The van der Waals surface area contributed by atoms with Crippen LogP contribution in [-0.4, -0.2) is 20.6 Å². The summed E-state index contributed by atoms with van der Waals surface area (Å²) in [4.78, 5) is 15.3. The Hall–Kier alpha value is -1.84. The van der Waals surface area contributed by atoms with Gasteiger partial charge >= 0.3 is 5.97 Å². The number of benzene rings is 1. The van der Waals surface area contributed by atoms with Crippen LogP contribution in [0.1, 0.15) is 29.5 Å². The van der Waals surface area contributed by atoms with Crippen LogP contribution < -0.4 is 0 Å². The van der Waals surface area contributed by atoms with E-state index in [4.69, 9.17) is 5.11 Å². The number of aromatic nitrogens is 2. The molecule has 0 fully saturated rings. The average Bonchev–Trinajstić information content (AvgIpc) is 2.56. The van der Waals surface area contributed by atoms with Gasteiger partial charge < -0.3 is 9.67 Å². The number of nitrogens with zero attached hydrogens (tertiary/aromatic N) is 2. The van der Waals surface area contributed by atoms with Crippen molar-refractivity contribution < 1.29 is 9.90 Å². The third kappa shape index (κ3) is 1.66. The van der Waals surface area contributed by atoms with Gasteiger partial charge in [0.2, 0.25) is 0 Å². The summed E-state index contributed by atoms with van der Waals surface area (Å²) in [7, 11) is 1.92. The lowest BCUT2D eigenvalue weighted by atomic mass is 10.2. The summed E-state index contributed by atoms with van der Waals surface area (Å²) in [5.41, 5.74) is 2.04. The summed E-state index contributed by atoms with van der Waals surface area (Å²) in [6.45, 7) is 2.10. The lowest BCUT2D eigenvalue weighted by molar-refractivity contribution is 0.0697. The summed E-state index contributed by atoms with van der Waals surface area (Å²) in [6.07, 6.45) is 1.94. The van der Waals surface area contributed by atoms with Gasteiger partial charge in [0.1, 0.15) is 5.82 Å². The van der Waals surface area contributed by atoms with Crippen molar-refractivity contribution in [3.63, 3.8) is 0 Å². The third-order valence-electron chi connectivity index (χ3n) is 2.69. The van der Waals surface area contributed by atoms with Crippen molar-refractivity contribution in [3.8, 4) is 0 Å². The Morgan fingerprint density at radius 2 is 2.25 bits per heavy atom. The zero-order chi connectivity index (χ0) is 11.7. The van der Waals surface area contributed by atoms with Crippen molar-refractivity contribution in [3.05, 3.63) is 29.6 Å². The van der Waals surface area contributed by atoms with E-state index in [2.05, 4.69) is 11.9 Å². The zero-order valence-corrected chi connectivity index (χ0v) is 9.40. The second-order valence-electron chi connectivity index (χ2n) is 3.85. The molecule has 2 rings (SSSR count). The molecule has 0 radical (unpaired) electrons. The first-order valence-corrected chi connectivity index (χ1v) is 5.32. The lowest BCUT2D eigenvalue weighted by Crippen LogP contribution is -1.98. The Bertz CT molecular complexity index is 543. The fourth-order valence-corrected chi connectivity index (χ4v) is 1.82. The van der Waals surface area contributed by atoms with E-state index >= 15 is 0 Å². The van der Waals surface area contributed by atoms with E-state index in [1.54, 1.807) is 18.2 Å². The summed E-state index contributed by atoms with van der Waals surface area (Å²) in [5, 5.41) is 8.92. The van der Waals surface area contributed by atoms with E-state index in [1.807, 2.05) is 11.6 Å². The fourth-order valence-electron chi connectivity index (χ4n) is 1.82. The number of carboxylic acid groups (broad SMARTS) is 1. The van der Waals surface area contributed by atoms with Crippen molar-refractivity contribution >= 4 is 17.0 Å². The summed E-state index contributed by atoms with van der Waals surface area (Å²) < 4.78 is 1.96. The number of aromatic carboxylic acids is 1. The lowest BCUT2D eigenvalue weighted by Gasteiger charge is -2.00. The molecule has 0 bridgehead atoms. The number of hydrogen-bond acceptors (Lipinski definition) is 2. The van der Waals surface area contributed by atoms with Gasteiger partial charge in [0.05, 0.1) is 16.6 Å². The van der Waals surface area contributed by atoms with Crippen molar-refractivity contribution in [1.29, 1.82) is 0 Å². The SMILES string of the molecule is CCCc1nc2ccc(C(=O)O)cc2n1C. The van der Waals surface area contributed by atoms with Gasteiger partial charge in [0.15, 0.2) is 0 Å². The molecule has 2 aromatic rings. The molecular weight excluding hydrogens is 204 g/mol.